The molecule has 1 atom stereocenters. The fraction of sp³-hybridized carbons (Fsp3) is 0.500. The van der Waals surface area contributed by atoms with E-state index in [9.17, 15) is 9.18 Å². The highest BCUT2D eigenvalue weighted by molar-refractivity contribution is 5.67. The van der Waals surface area contributed by atoms with Gasteiger partial charge >= 0.3 is 5.97 Å². The lowest BCUT2D eigenvalue weighted by Crippen LogP contribution is -2.34. The molecule has 3 N–H and O–H groups in total. The summed E-state index contributed by atoms with van der Waals surface area (Å²) in [6.45, 7) is 2.32. The molecule has 0 saturated heterocycles. The Morgan fingerprint density at radius 3 is 2.79 bits per heavy atom. The number of carbonyl (C=O) groups is 1. The molecule has 0 spiro atoms. The summed E-state index contributed by atoms with van der Waals surface area (Å²) in [4.78, 5) is 10.8. The SMILES string of the molecule is Cc1cc(CC(CC(=O)O)NCCCO)ccc1F. The molecule has 0 radical (unpaired) electrons. The number of hydrogen-bond acceptors (Lipinski definition) is 3. The lowest BCUT2D eigenvalue weighted by molar-refractivity contribution is -0.137. The second kappa shape index (κ2) is 7.86. The van der Waals surface area contributed by atoms with Crippen molar-refractivity contribution in [3.8, 4) is 0 Å². The van der Waals surface area contributed by atoms with Gasteiger partial charge in [0.25, 0.3) is 0 Å². The van der Waals surface area contributed by atoms with Crippen LogP contribution in [0.4, 0.5) is 4.39 Å². The number of hydrogen-bond donors (Lipinski definition) is 3. The predicted octanol–water partition coefficient (Wildman–Crippen LogP) is 1.49. The van der Waals surface area contributed by atoms with Crippen LogP contribution in [-0.4, -0.2) is 35.4 Å². The van der Waals surface area contributed by atoms with Crippen molar-refractivity contribution in [1.29, 1.82) is 0 Å². The molecule has 1 aromatic carbocycles. The number of aliphatic carboxylic acids is 1. The number of rotatable bonds is 8. The van der Waals surface area contributed by atoms with Gasteiger partial charge in [0.2, 0.25) is 0 Å². The lowest BCUT2D eigenvalue weighted by atomic mass is 10.0. The highest BCUT2D eigenvalue weighted by Gasteiger charge is 2.13. The van der Waals surface area contributed by atoms with Crippen molar-refractivity contribution in [3.05, 3.63) is 35.1 Å². The Labute approximate surface area is 112 Å². The molecular weight excluding hydrogens is 249 g/mol. The van der Waals surface area contributed by atoms with Crippen LogP contribution in [0.5, 0.6) is 0 Å². The van der Waals surface area contributed by atoms with Crippen LogP contribution >= 0.6 is 0 Å². The molecule has 1 aromatic rings. The van der Waals surface area contributed by atoms with Crippen molar-refractivity contribution in [2.45, 2.75) is 32.2 Å². The molecule has 0 aromatic heterocycles. The normalized spacial score (nSPS) is 12.4. The quantitative estimate of drug-likeness (QED) is 0.625. The number of carboxylic acids is 1. The molecule has 19 heavy (non-hydrogen) atoms. The van der Waals surface area contributed by atoms with E-state index in [4.69, 9.17) is 10.2 Å². The van der Waals surface area contributed by atoms with Gasteiger partial charge in [-0.15, -0.1) is 0 Å². The zero-order valence-electron chi connectivity index (χ0n) is 11.0. The summed E-state index contributed by atoms with van der Waals surface area (Å²) in [5.41, 5.74) is 1.46. The number of aryl methyl sites for hydroxylation is 1. The van der Waals surface area contributed by atoms with E-state index in [2.05, 4.69) is 5.32 Å². The lowest BCUT2D eigenvalue weighted by Gasteiger charge is -2.17. The summed E-state index contributed by atoms with van der Waals surface area (Å²) < 4.78 is 13.2. The van der Waals surface area contributed by atoms with Crippen LogP contribution in [-0.2, 0) is 11.2 Å². The summed E-state index contributed by atoms with van der Waals surface area (Å²) in [5.74, 6) is -1.13. The Bertz CT molecular complexity index is 423. The molecule has 106 valence electrons. The van der Waals surface area contributed by atoms with E-state index in [1.54, 1.807) is 19.1 Å². The Hall–Kier alpha value is -1.46. The number of aliphatic hydroxyl groups is 1. The van der Waals surface area contributed by atoms with Gasteiger partial charge in [0.05, 0.1) is 6.42 Å². The highest BCUT2D eigenvalue weighted by atomic mass is 19.1. The van der Waals surface area contributed by atoms with Gasteiger partial charge < -0.3 is 15.5 Å². The second-order valence-corrected chi connectivity index (χ2v) is 4.61. The number of nitrogens with one attached hydrogen (secondary N) is 1. The fourth-order valence-electron chi connectivity index (χ4n) is 1.93. The average molecular weight is 269 g/mol. The van der Waals surface area contributed by atoms with E-state index >= 15 is 0 Å². The van der Waals surface area contributed by atoms with Gasteiger partial charge in [-0.2, -0.15) is 0 Å². The van der Waals surface area contributed by atoms with Crippen molar-refractivity contribution in [2.75, 3.05) is 13.2 Å². The molecule has 0 bridgehead atoms. The first-order chi connectivity index (χ1) is 9.02. The standard InChI is InChI=1S/C14H20FNO3/c1-10-7-11(3-4-13(10)15)8-12(9-14(18)19)16-5-2-6-17/h3-4,7,12,16-17H,2,5-6,8-9H2,1H3,(H,18,19). The monoisotopic (exact) mass is 269 g/mol. The van der Waals surface area contributed by atoms with Gasteiger partial charge in [0.1, 0.15) is 5.82 Å². The van der Waals surface area contributed by atoms with E-state index in [0.29, 0.717) is 24.9 Å². The van der Waals surface area contributed by atoms with Crippen LogP contribution in [0.15, 0.2) is 18.2 Å². The van der Waals surface area contributed by atoms with E-state index in [1.165, 1.54) is 6.07 Å². The van der Waals surface area contributed by atoms with Gasteiger partial charge in [-0.05, 0) is 43.5 Å². The largest absolute Gasteiger partial charge is 0.481 e. The van der Waals surface area contributed by atoms with Crippen molar-refractivity contribution in [1.82, 2.24) is 5.32 Å². The predicted molar refractivity (Wildman–Crippen MR) is 70.6 cm³/mol. The minimum atomic E-state index is -0.875. The number of aliphatic hydroxyl groups excluding tert-OH is 1. The maximum Gasteiger partial charge on any atom is 0.304 e. The third-order valence-electron chi connectivity index (χ3n) is 2.89. The van der Waals surface area contributed by atoms with Crippen LogP contribution in [0.25, 0.3) is 0 Å². The van der Waals surface area contributed by atoms with Crippen molar-refractivity contribution in [3.63, 3.8) is 0 Å². The Morgan fingerprint density at radius 1 is 1.47 bits per heavy atom. The maximum atomic E-state index is 13.2. The van der Waals surface area contributed by atoms with Crippen LogP contribution in [0, 0.1) is 12.7 Å². The summed E-state index contributed by atoms with van der Waals surface area (Å²) >= 11 is 0. The van der Waals surface area contributed by atoms with Gasteiger partial charge in [-0.25, -0.2) is 4.39 Å². The van der Waals surface area contributed by atoms with Gasteiger partial charge in [0.15, 0.2) is 0 Å². The molecule has 4 nitrogen and oxygen atoms in total. The third-order valence-corrected chi connectivity index (χ3v) is 2.89. The van der Waals surface area contributed by atoms with E-state index in [-0.39, 0.29) is 24.9 Å². The van der Waals surface area contributed by atoms with Crippen LogP contribution in [0.2, 0.25) is 0 Å². The Balaban J connectivity index is 2.63. The first-order valence-electron chi connectivity index (χ1n) is 6.34. The second-order valence-electron chi connectivity index (χ2n) is 4.61. The molecule has 1 unspecified atom stereocenters. The minimum Gasteiger partial charge on any atom is -0.481 e. The number of halogens is 1. The van der Waals surface area contributed by atoms with E-state index in [0.717, 1.165) is 5.56 Å². The first-order valence-corrected chi connectivity index (χ1v) is 6.34. The molecule has 1 rings (SSSR count). The highest BCUT2D eigenvalue weighted by Crippen LogP contribution is 2.12. The van der Waals surface area contributed by atoms with Crippen LogP contribution < -0.4 is 5.32 Å². The summed E-state index contributed by atoms with van der Waals surface area (Å²) in [6, 6.07) is 4.59. The number of benzene rings is 1. The van der Waals surface area contributed by atoms with Crippen LogP contribution in [0.3, 0.4) is 0 Å². The van der Waals surface area contributed by atoms with Crippen molar-refractivity contribution < 1.29 is 19.4 Å². The average Bonchev–Trinajstić information content (AvgIpc) is 2.33. The molecule has 0 fully saturated rings. The Kier molecular flexibility index (Phi) is 6.45. The molecule has 0 aliphatic heterocycles. The third kappa shape index (κ3) is 5.81. The summed E-state index contributed by atoms with van der Waals surface area (Å²) in [7, 11) is 0. The molecular formula is C14H20FNO3. The van der Waals surface area contributed by atoms with Gasteiger partial charge in [-0.1, -0.05) is 12.1 Å². The van der Waals surface area contributed by atoms with Gasteiger partial charge in [0, 0.05) is 12.6 Å². The zero-order chi connectivity index (χ0) is 14.3. The van der Waals surface area contributed by atoms with Gasteiger partial charge in [-0.3, -0.25) is 4.79 Å². The molecule has 0 aliphatic carbocycles. The van der Waals surface area contributed by atoms with Crippen molar-refractivity contribution >= 4 is 5.97 Å². The molecule has 5 heteroatoms. The minimum absolute atomic E-state index is 0.00184. The maximum absolute atomic E-state index is 13.2. The molecule has 0 aliphatic rings. The Morgan fingerprint density at radius 2 is 2.21 bits per heavy atom. The molecule has 0 amide bonds. The molecule has 0 saturated carbocycles. The zero-order valence-corrected chi connectivity index (χ0v) is 11.0. The van der Waals surface area contributed by atoms with Crippen molar-refractivity contribution in [2.24, 2.45) is 0 Å². The van der Waals surface area contributed by atoms with E-state index in [1.807, 2.05) is 0 Å². The fourth-order valence-corrected chi connectivity index (χ4v) is 1.93. The number of carboxylic acid groups (broad SMARTS) is 1. The van der Waals surface area contributed by atoms with Crippen LogP contribution in [0.1, 0.15) is 24.0 Å². The molecule has 0 heterocycles. The topological polar surface area (TPSA) is 69.6 Å². The summed E-state index contributed by atoms with van der Waals surface area (Å²) in [6.07, 6.45) is 1.11. The van der Waals surface area contributed by atoms with E-state index < -0.39 is 5.97 Å². The summed E-state index contributed by atoms with van der Waals surface area (Å²) in [5, 5.41) is 20.7. The smallest absolute Gasteiger partial charge is 0.304 e. The first kappa shape index (κ1) is 15.6.